The summed E-state index contributed by atoms with van der Waals surface area (Å²) < 4.78 is 9.67. The molecule has 0 saturated heterocycles. The minimum atomic E-state index is 0.169. The van der Waals surface area contributed by atoms with Crippen molar-refractivity contribution >= 4 is 0 Å². The summed E-state index contributed by atoms with van der Waals surface area (Å²) >= 11 is 0. The van der Waals surface area contributed by atoms with Crippen molar-refractivity contribution in [1.82, 2.24) is 0 Å². The van der Waals surface area contributed by atoms with Crippen molar-refractivity contribution in [2.75, 3.05) is 26.4 Å². The maximum absolute atomic E-state index is 8.65. The highest BCUT2D eigenvalue weighted by molar-refractivity contribution is 5.28. The molecule has 0 atom stereocenters. The smallest absolute Gasteiger partial charge is 0.115 e. The molecule has 0 amide bonds. The fourth-order valence-electron chi connectivity index (χ4n) is 1.72. The van der Waals surface area contributed by atoms with Gasteiger partial charge in [-0.2, -0.15) is 0 Å². The van der Waals surface area contributed by atoms with Crippen LogP contribution in [0.3, 0.4) is 0 Å². The van der Waals surface area contributed by atoms with Crippen molar-refractivity contribution in [1.29, 1.82) is 0 Å². The topological polar surface area (TPSA) is 99.4 Å². The van der Waals surface area contributed by atoms with E-state index in [-0.39, 0.29) is 11.5 Å². The average molecular weight is 447 g/mol. The number of ether oxygens (including phenoxy) is 2. The van der Waals surface area contributed by atoms with E-state index in [1.54, 1.807) is 48.5 Å². The zero-order valence-corrected chi connectivity index (χ0v) is 19.5. The molecule has 178 valence electrons. The van der Waals surface area contributed by atoms with E-state index >= 15 is 0 Å². The summed E-state index contributed by atoms with van der Waals surface area (Å²) in [5.74, 6) is 0.982. The van der Waals surface area contributed by atoms with E-state index in [1.165, 1.54) is 24.3 Å². The molecule has 0 aliphatic carbocycles. The van der Waals surface area contributed by atoms with Crippen molar-refractivity contribution in [2.24, 2.45) is 0 Å². The van der Waals surface area contributed by atoms with Gasteiger partial charge in [0.15, 0.2) is 0 Å². The van der Waals surface area contributed by atoms with Crippen LogP contribution in [0.1, 0.15) is 27.7 Å². The molecule has 3 rings (SSSR count). The molecule has 0 fully saturated rings. The lowest BCUT2D eigenvalue weighted by Gasteiger charge is -1.88. The molecule has 0 bridgehead atoms. The summed E-state index contributed by atoms with van der Waals surface area (Å²) in [7, 11) is 0. The van der Waals surface area contributed by atoms with E-state index < -0.39 is 0 Å². The molecule has 6 heteroatoms. The molecule has 32 heavy (non-hydrogen) atoms. The Bertz CT molecular complexity index is 650. The Hall–Kier alpha value is -3.22. The molecule has 0 aliphatic heterocycles. The van der Waals surface area contributed by atoms with Crippen LogP contribution in [0.5, 0.6) is 23.0 Å². The molecular weight excluding hydrogens is 408 g/mol. The van der Waals surface area contributed by atoms with Gasteiger partial charge in [-0.1, -0.05) is 36.4 Å². The lowest BCUT2D eigenvalue weighted by Crippen LogP contribution is -1.84. The van der Waals surface area contributed by atoms with Gasteiger partial charge in [0.2, 0.25) is 0 Å². The summed E-state index contributed by atoms with van der Waals surface area (Å²) in [5, 5.41) is 34.6. The Morgan fingerprint density at radius 3 is 0.750 bits per heavy atom. The van der Waals surface area contributed by atoms with Gasteiger partial charge in [-0.15, -0.1) is 0 Å². The third-order valence-corrected chi connectivity index (χ3v) is 3.18. The van der Waals surface area contributed by atoms with Gasteiger partial charge >= 0.3 is 0 Å². The molecule has 3 aromatic rings. The summed E-state index contributed by atoms with van der Waals surface area (Å²) in [5.41, 5.74) is 0. The third kappa shape index (κ3) is 24.8. The molecule has 0 heterocycles. The highest BCUT2D eigenvalue weighted by Gasteiger charge is 1.84. The van der Waals surface area contributed by atoms with Crippen LogP contribution < -0.4 is 0 Å². The first-order chi connectivity index (χ1) is 15.4. The Kier molecular flexibility index (Phi) is 23.3. The second kappa shape index (κ2) is 24.1. The zero-order chi connectivity index (χ0) is 24.5. The highest BCUT2D eigenvalue weighted by atomic mass is 16.5. The minimum absolute atomic E-state index is 0.169. The number of rotatable bonds is 4. The van der Waals surface area contributed by atoms with Crippen LogP contribution in [0.4, 0.5) is 0 Å². The van der Waals surface area contributed by atoms with Crippen LogP contribution in [0.25, 0.3) is 0 Å². The van der Waals surface area contributed by atoms with Crippen molar-refractivity contribution in [3.05, 3.63) is 84.9 Å². The molecule has 0 unspecified atom stereocenters. The highest BCUT2D eigenvalue weighted by Crippen LogP contribution is 2.13. The Balaban J connectivity index is 0. The first-order valence-electron chi connectivity index (χ1n) is 10.5. The maximum Gasteiger partial charge on any atom is 0.115 e. The summed E-state index contributed by atoms with van der Waals surface area (Å²) in [6.45, 7) is 11.3. The van der Waals surface area contributed by atoms with E-state index in [4.69, 9.17) is 29.9 Å². The van der Waals surface area contributed by atoms with Gasteiger partial charge in [0, 0.05) is 26.4 Å². The van der Waals surface area contributed by atoms with Crippen molar-refractivity contribution < 1.29 is 29.9 Å². The Morgan fingerprint density at radius 1 is 0.406 bits per heavy atom. The summed E-state index contributed by atoms with van der Waals surface area (Å²) in [6.07, 6.45) is 0. The minimum Gasteiger partial charge on any atom is -0.508 e. The van der Waals surface area contributed by atoms with Crippen molar-refractivity contribution in [3.8, 4) is 23.0 Å². The number of phenols is 4. The average Bonchev–Trinajstić information content (AvgIpc) is 2.80. The van der Waals surface area contributed by atoms with E-state index in [1.807, 2.05) is 39.8 Å². The number of hydrogen-bond acceptors (Lipinski definition) is 6. The van der Waals surface area contributed by atoms with Gasteiger partial charge in [-0.25, -0.2) is 0 Å². The molecular formula is C26H38O6. The van der Waals surface area contributed by atoms with Crippen LogP contribution in [-0.4, -0.2) is 46.9 Å². The second-order valence-electron chi connectivity index (χ2n) is 5.75. The normalized spacial score (nSPS) is 8.62. The number of para-hydroxylation sites is 2. The van der Waals surface area contributed by atoms with Gasteiger partial charge in [0.1, 0.15) is 23.0 Å². The molecule has 4 N–H and O–H groups in total. The number of benzene rings is 3. The largest absolute Gasteiger partial charge is 0.508 e. The number of phenolic OH excluding ortho intramolecular Hbond substituents is 4. The number of hydrogen-bond donors (Lipinski definition) is 4. The zero-order valence-electron chi connectivity index (χ0n) is 19.5. The van der Waals surface area contributed by atoms with Gasteiger partial charge in [-0.3, -0.25) is 0 Å². The monoisotopic (exact) mass is 446 g/mol. The molecule has 0 aromatic heterocycles. The maximum atomic E-state index is 8.65. The molecule has 0 spiro atoms. The molecule has 0 radical (unpaired) electrons. The summed E-state index contributed by atoms with van der Waals surface area (Å²) in [6, 6.07) is 23.1. The number of aromatic hydroxyl groups is 4. The van der Waals surface area contributed by atoms with Crippen LogP contribution in [0, 0.1) is 0 Å². The predicted octanol–water partition coefficient (Wildman–Crippen LogP) is 5.97. The lowest BCUT2D eigenvalue weighted by atomic mass is 10.3. The summed E-state index contributed by atoms with van der Waals surface area (Å²) in [4.78, 5) is 0. The van der Waals surface area contributed by atoms with E-state index in [2.05, 4.69) is 0 Å². The first-order valence-corrected chi connectivity index (χ1v) is 10.5. The third-order valence-electron chi connectivity index (χ3n) is 3.18. The molecule has 3 aromatic carbocycles. The SMILES string of the molecule is CCOCC.CCOCC.Oc1ccc(O)cc1.Oc1ccccc1.Oc1ccccc1. The van der Waals surface area contributed by atoms with Gasteiger partial charge < -0.3 is 29.9 Å². The van der Waals surface area contributed by atoms with Crippen LogP contribution in [0.2, 0.25) is 0 Å². The van der Waals surface area contributed by atoms with E-state index in [9.17, 15) is 0 Å². The van der Waals surface area contributed by atoms with Crippen LogP contribution >= 0.6 is 0 Å². The van der Waals surface area contributed by atoms with Crippen molar-refractivity contribution in [2.45, 2.75) is 27.7 Å². The fourth-order valence-corrected chi connectivity index (χ4v) is 1.72. The molecule has 0 saturated carbocycles. The Morgan fingerprint density at radius 2 is 0.625 bits per heavy atom. The molecule has 6 nitrogen and oxygen atoms in total. The van der Waals surface area contributed by atoms with Crippen LogP contribution in [0.15, 0.2) is 84.9 Å². The van der Waals surface area contributed by atoms with Crippen molar-refractivity contribution in [3.63, 3.8) is 0 Å². The predicted molar refractivity (Wildman–Crippen MR) is 130 cm³/mol. The van der Waals surface area contributed by atoms with E-state index in [0.717, 1.165) is 26.4 Å². The van der Waals surface area contributed by atoms with Gasteiger partial charge in [0.05, 0.1) is 0 Å². The van der Waals surface area contributed by atoms with Crippen LogP contribution in [-0.2, 0) is 9.47 Å². The standard InChI is InChI=1S/C6H6O2.2C6H6O.2C4H10O/c7-5-1-2-6(8)4-3-5;2*7-6-4-2-1-3-5-6;2*1-3-5-4-2/h1-4,7-8H;2*1-5,7H;2*3-4H2,1-2H3. The first kappa shape index (κ1) is 31.0. The van der Waals surface area contributed by atoms with Gasteiger partial charge in [0.25, 0.3) is 0 Å². The Labute approximate surface area is 192 Å². The lowest BCUT2D eigenvalue weighted by molar-refractivity contribution is 0.162. The molecule has 0 aliphatic rings. The fraction of sp³-hybridized carbons (Fsp3) is 0.308. The quantitative estimate of drug-likeness (QED) is 0.369. The van der Waals surface area contributed by atoms with E-state index in [0.29, 0.717) is 11.5 Å². The second-order valence-corrected chi connectivity index (χ2v) is 5.75. The van der Waals surface area contributed by atoms with Gasteiger partial charge in [-0.05, 0) is 76.2 Å².